The van der Waals surface area contributed by atoms with Crippen LogP contribution in [0, 0.1) is 5.92 Å². The van der Waals surface area contributed by atoms with Crippen LogP contribution in [0.1, 0.15) is 39.5 Å². The molecule has 0 spiro atoms. The summed E-state index contributed by atoms with van der Waals surface area (Å²) in [6.45, 7) is 5.31. The van der Waals surface area contributed by atoms with Crippen molar-refractivity contribution in [2.45, 2.75) is 45.6 Å². The highest BCUT2D eigenvalue weighted by atomic mass is 16.5. The van der Waals surface area contributed by atoms with E-state index in [1.54, 1.807) is 4.90 Å². The van der Waals surface area contributed by atoms with Crippen LogP contribution < -0.4 is 0 Å². The Balaban J connectivity index is 2.30. The average molecular weight is 243 g/mol. The van der Waals surface area contributed by atoms with E-state index in [0.717, 1.165) is 6.42 Å². The van der Waals surface area contributed by atoms with Crippen molar-refractivity contribution >= 4 is 5.91 Å². The van der Waals surface area contributed by atoms with Gasteiger partial charge >= 0.3 is 0 Å². The second kappa shape index (κ2) is 7.67. The van der Waals surface area contributed by atoms with Crippen molar-refractivity contribution in [3.63, 3.8) is 0 Å². The van der Waals surface area contributed by atoms with Crippen LogP contribution in [0.4, 0.5) is 0 Å². The number of carbonyl (C=O) groups excluding carboxylic acids is 1. The van der Waals surface area contributed by atoms with Crippen LogP contribution in [0.25, 0.3) is 0 Å². The Labute approximate surface area is 104 Å². The Kier molecular flexibility index (Phi) is 6.52. The number of hydrogen-bond acceptors (Lipinski definition) is 3. The van der Waals surface area contributed by atoms with Crippen LogP contribution in [0.2, 0.25) is 0 Å². The molecule has 100 valence electrons. The Morgan fingerprint density at radius 3 is 2.71 bits per heavy atom. The maximum atomic E-state index is 11.8. The first-order valence-electron chi connectivity index (χ1n) is 6.69. The van der Waals surface area contributed by atoms with Gasteiger partial charge in [-0.2, -0.15) is 0 Å². The lowest BCUT2D eigenvalue weighted by Crippen LogP contribution is -2.38. The highest BCUT2D eigenvalue weighted by Crippen LogP contribution is 2.26. The summed E-state index contributed by atoms with van der Waals surface area (Å²) in [5.74, 6) is 0.545. The van der Waals surface area contributed by atoms with Crippen molar-refractivity contribution in [1.82, 2.24) is 4.90 Å². The van der Waals surface area contributed by atoms with E-state index in [9.17, 15) is 4.79 Å². The van der Waals surface area contributed by atoms with Crippen LogP contribution in [-0.4, -0.2) is 48.3 Å². The second-order valence-electron chi connectivity index (χ2n) is 4.81. The molecule has 2 atom stereocenters. The smallest absolute Gasteiger partial charge is 0.248 e. The molecule has 4 heteroatoms. The molecule has 17 heavy (non-hydrogen) atoms. The van der Waals surface area contributed by atoms with Gasteiger partial charge in [0, 0.05) is 13.1 Å². The average Bonchev–Trinajstić information content (AvgIpc) is 2.34. The van der Waals surface area contributed by atoms with Gasteiger partial charge < -0.3 is 14.7 Å². The minimum Gasteiger partial charge on any atom is -0.395 e. The fourth-order valence-corrected chi connectivity index (χ4v) is 2.38. The SMILES string of the molecule is CCN(CCO)C(=O)COC1CCCCC1C. The van der Waals surface area contributed by atoms with Crippen LogP contribution in [-0.2, 0) is 9.53 Å². The van der Waals surface area contributed by atoms with Gasteiger partial charge in [-0.3, -0.25) is 4.79 Å². The molecule has 1 aliphatic rings. The Hall–Kier alpha value is -0.610. The first kappa shape index (κ1) is 14.5. The summed E-state index contributed by atoms with van der Waals surface area (Å²) in [7, 11) is 0. The van der Waals surface area contributed by atoms with Gasteiger partial charge in [0.1, 0.15) is 6.61 Å². The van der Waals surface area contributed by atoms with Crippen molar-refractivity contribution in [3.8, 4) is 0 Å². The molecule has 1 saturated carbocycles. The zero-order valence-electron chi connectivity index (χ0n) is 11.0. The van der Waals surface area contributed by atoms with Crippen LogP contribution >= 0.6 is 0 Å². The van der Waals surface area contributed by atoms with Gasteiger partial charge in [0.2, 0.25) is 5.91 Å². The standard InChI is InChI=1S/C13H25NO3/c1-3-14(8-9-15)13(16)10-17-12-7-5-4-6-11(12)2/h11-12,15H,3-10H2,1-2H3. The van der Waals surface area contributed by atoms with Crippen LogP contribution in [0.5, 0.6) is 0 Å². The molecule has 2 unspecified atom stereocenters. The van der Waals surface area contributed by atoms with E-state index < -0.39 is 0 Å². The fraction of sp³-hybridized carbons (Fsp3) is 0.923. The molecule has 1 aliphatic carbocycles. The summed E-state index contributed by atoms with van der Waals surface area (Å²) in [5, 5.41) is 8.84. The third-order valence-electron chi connectivity index (χ3n) is 3.56. The minimum atomic E-state index is -0.0145. The monoisotopic (exact) mass is 243 g/mol. The Morgan fingerprint density at radius 2 is 2.12 bits per heavy atom. The third-order valence-corrected chi connectivity index (χ3v) is 3.56. The molecule has 0 aromatic carbocycles. The van der Waals surface area contributed by atoms with E-state index in [4.69, 9.17) is 9.84 Å². The van der Waals surface area contributed by atoms with Gasteiger partial charge in [0.05, 0.1) is 12.7 Å². The van der Waals surface area contributed by atoms with Crippen molar-refractivity contribution in [2.24, 2.45) is 5.92 Å². The molecule has 0 heterocycles. The molecular weight excluding hydrogens is 218 g/mol. The molecule has 0 aliphatic heterocycles. The van der Waals surface area contributed by atoms with Gasteiger partial charge in [-0.05, 0) is 25.7 Å². The Morgan fingerprint density at radius 1 is 1.41 bits per heavy atom. The largest absolute Gasteiger partial charge is 0.395 e. The maximum absolute atomic E-state index is 11.8. The molecule has 1 rings (SSSR count). The van der Waals surface area contributed by atoms with Crippen molar-refractivity contribution < 1.29 is 14.6 Å². The zero-order chi connectivity index (χ0) is 12.7. The highest BCUT2D eigenvalue weighted by Gasteiger charge is 2.23. The van der Waals surface area contributed by atoms with Gasteiger partial charge in [-0.25, -0.2) is 0 Å². The molecule has 1 amide bonds. The third kappa shape index (κ3) is 4.64. The van der Waals surface area contributed by atoms with Gasteiger partial charge in [-0.15, -0.1) is 0 Å². The summed E-state index contributed by atoms with van der Waals surface area (Å²) in [6, 6.07) is 0. The predicted octanol–water partition coefficient (Wildman–Crippen LogP) is 1.42. The van der Waals surface area contributed by atoms with Crippen LogP contribution in [0.15, 0.2) is 0 Å². The predicted molar refractivity (Wildman–Crippen MR) is 66.7 cm³/mol. The number of ether oxygens (including phenoxy) is 1. The molecule has 1 fully saturated rings. The van der Waals surface area contributed by atoms with Crippen molar-refractivity contribution in [1.29, 1.82) is 0 Å². The summed E-state index contributed by atoms with van der Waals surface area (Å²) in [5.41, 5.74) is 0. The summed E-state index contributed by atoms with van der Waals surface area (Å²) in [6.07, 6.45) is 4.99. The molecule has 0 aromatic heterocycles. The normalized spacial score (nSPS) is 24.6. The number of likely N-dealkylation sites (N-methyl/N-ethyl adjacent to an activating group) is 1. The van der Waals surface area contributed by atoms with E-state index in [1.165, 1.54) is 19.3 Å². The number of amides is 1. The lowest BCUT2D eigenvalue weighted by Gasteiger charge is -2.29. The van der Waals surface area contributed by atoms with Gasteiger partial charge in [0.25, 0.3) is 0 Å². The van der Waals surface area contributed by atoms with E-state index in [2.05, 4.69) is 6.92 Å². The number of nitrogens with zero attached hydrogens (tertiary/aromatic N) is 1. The summed E-state index contributed by atoms with van der Waals surface area (Å²) in [4.78, 5) is 13.4. The van der Waals surface area contributed by atoms with Crippen molar-refractivity contribution in [2.75, 3.05) is 26.3 Å². The van der Waals surface area contributed by atoms with E-state index in [-0.39, 0.29) is 25.2 Å². The van der Waals surface area contributed by atoms with E-state index in [0.29, 0.717) is 19.0 Å². The summed E-state index contributed by atoms with van der Waals surface area (Å²) < 4.78 is 5.71. The van der Waals surface area contributed by atoms with E-state index in [1.807, 2.05) is 6.92 Å². The molecule has 4 nitrogen and oxygen atoms in total. The molecule has 0 saturated heterocycles. The minimum absolute atomic E-state index is 0.0133. The number of aliphatic hydroxyl groups is 1. The number of rotatable bonds is 6. The molecule has 0 radical (unpaired) electrons. The first-order valence-corrected chi connectivity index (χ1v) is 6.69. The molecule has 1 N–H and O–H groups in total. The van der Waals surface area contributed by atoms with Crippen molar-refractivity contribution in [3.05, 3.63) is 0 Å². The lowest BCUT2D eigenvalue weighted by atomic mass is 9.88. The first-order chi connectivity index (χ1) is 8.19. The summed E-state index contributed by atoms with van der Waals surface area (Å²) >= 11 is 0. The molecule has 0 aromatic rings. The van der Waals surface area contributed by atoms with Gasteiger partial charge in [-0.1, -0.05) is 19.8 Å². The lowest BCUT2D eigenvalue weighted by molar-refractivity contribution is -0.140. The van der Waals surface area contributed by atoms with E-state index >= 15 is 0 Å². The zero-order valence-corrected chi connectivity index (χ0v) is 11.0. The molecule has 0 bridgehead atoms. The van der Waals surface area contributed by atoms with Gasteiger partial charge in [0.15, 0.2) is 0 Å². The quantitative estimate of drug-likeness (QED) is 0.767. The Bertz CT molecular complexity index is 233. The number of carbonyl (C=O) groups is 1. The highest BCUT2D eigenvalue weighted by molar-refractivity contribution is 5.77. The second-order valence-corrected chi connectivity index (χ2v) is 4.81. The topological polar surface area (TPSA) is 49.8 Å². The molecular formula is C13H25NO3. The number of hydrogen-bond donors (Lipinski definition) is 1. The fourth-order valence-electron chi connectivity index (χ4n) is 2.38. The van der Waals surface area contributed by atoms with Crippen LogP contribution in [0.3, 0.4) is 0 Å². The number of aliphatic hydroxyl groups excluding tert-OH is 1. The maximum Gasteiger partial charge on any atom is 0.248 e.